The molecule has 0 aliphatic heterocycles. The molecule has 102 valence electrons. The first-order valence-electron chi connectivity index (χ1n) is 5.22. The molecule has 1 amide bonds. The molecule has 1 heterocycles. The van der Waals surface area contributed by atoms with E-state index in [0.29, 0.717) is 0 Å². The van der Waals surface area contributed by atoms with Gasteiger partial charge in [-0.05, 0) is 24.3 Å². The van der Waals surface area contributed by atoms with Gasteiger partial charge in [0, 0.05) is 11.8 Å². The SMILES string of the molecule is O=C(Nc1ccc(F)c([N+](=O)[O-])c1)c1ccc(Cl)nn1. The van der Waals surface area contributed by atoms with Crippen LogP contribution in [0.2, 0.25) is 5.15 Å². The number of hydrogen-bond donors (Lipinski definition) is 1. The van der Waals surface area contributed by atoms with Crippen LogP contribution >= 0.6 is 11.6 Å². The van der Waals surface area contributed by atoms with E-state index in [1.54, 1.807) is 0 Å². The minimum atomic E-state index is -0.987. The largest absolute Gasteiger partial charge is 0.320 e. The van der Waals surface area contributed by atoms with Crippen molar-refractivity contribution < 1.29 is 14.1 Å². The first-order chi connectivity index (χ1) is 9.47. The van der Waals surface area contributed by atoms with Crippen LogP contribution in [0, 0.1) is 15.9 Å². The second-order valence-electron chi connectivity index (χ2n) is 3.62. The minimum Gasteiger partial charge on any atom is -0.320 e. The Morgan fingerprint density at radius 3 is 2.65 bits per heavy atom. The molecule has 0 spiro atoms. The monoisotopic (exact) mass is 296 g/mol. The van der Waals surface area contributed by atoms with Crippen LogP contribution in [0.1, 0.15) is 10.5 Å². The highest BCUT2D eigenvalue weighted by Gasteiger charge is 2.16. The van der Waals surface area contributed by atoms with E-state index in [-0.39, 0.29) is 16.5 Å². The van der Waals surface area contributed by atoms with E-state index in [2.05, 4.69) is 15.5 Å². The number of nitrogens with one attached hydrogen (secondary N) is 1. The molecule has 0 aliphatic carbocycles. The van der Waals surface area contributed by atoms with Crippen LogP contribution in [0.5, 0.6) is 0 Å². The van der Waals surface area contributed by atoms with Crippen molar-refractivity contribution in [3.63, 3.8) is 0 Å². The van der Waals surface area contributed by atoms with Gasteiger partial charge in [-0.1, -0.05) is 11.6 Å². The highest BCUT2D eigenvalue weighted by atomic mass is 35.5. The lowest BCUT2D eigenvalue weighted by Crippen LogP contribution is -2.14. The standard InChI is InChI=1S/C11H6ClFN4O3/c12-10-4-3-8(15-16-10)11(18)14-6-1-2-7(13)9(5-6)17(19)20/h1-5H,(H,14,18). The fourth-order valence-corrected chi connectivity index (χ4v) is 1.46. The lowest BCUT2D eigenvalue weighted by Gasteiger charge is -2.04. The number of aromatic nitrogens is 2. The van der Waals surface area contributed by atoms with Gasteiger partial charge in [-0.15, -0.1) is 10.2 Å². The van der Waals surface area contributed by atoms with Crippen molar-refractivity contribution in [1.82, 2.24) is 10.2 Å². The number of benzene rings is 1. The van der Waals surface area contributed by atoms with Crippen LogP contribution in [-0.2, 0) is 0 Å². The van der Waals surface area contributed by atoms with Crippen LogP contribution in [-0.4, -0.2) is 21.0 Å². The predicted molar refractivity (Wildman–Crippen MR) is 68.0 cm³/mol. The molecule has 0 aliphatic rings. The highest BCUT2D eigenvalue weighted by Crippen LogP contribution is 2.21. The van der Waals surface area contributed by atoms with Crippen molar-refractivity contribution in [2.45, 2.75) is 0 Å². The number of nitro groups is 1. The molecular weight excluding hydrogens is 291 g/mol. The van der Waals surface area contributed by atoms with E-state index >= 15 is 0 Å². The number of rotatable bonds is 3. The third-order valence-electron chi connectivity index (χ3n) is 2.27. The second kappa shape index (κ2) is 5.57. The first-order valence-corrected chi connectivity index (χ1v) is 5.59. The summed E-state index contributed by atoms with van der Waals surface area (Å²) in [5.74, 6) is -1.63. The normalized spacial score (nSPS) is 10.1. The van der Waals surface area contributed by atoms with Crippen molar-refractivity contribution in [2.75, 3.05) is 5.32 Å². The Kier molecular flexibility index (Phi) is 3.85. The molecule has 0 atom stereocenters. The number of hydrogen-bond acceptors (Lipinski definition) is 5. The number of amides is 1. The van der Waals surface area contributed by atoms with Gasteiger partial charge in [0.25, 0.3) is 5.91 Å². The molecule has 1 N–H and O–H groups in total. The van der Waals surface area contributed by atoms with Gasteiger partial charge in [0.1, 0.15) is 0 Å². The van der Waals surface area contributed by atoms with Crippen LogP contribution in [0.3, 0.4) is 0 Å². The van der Waals surface area contributed by atoms with E-state index in [4.69, 9.17) is 11.6 Å². The Morgan fingerprint density at radius 1 is 1.30 bits per heavy atom. The zero-order valence-corrected chi connectivity index (χ0v) is 10.5. The van der Waals surface area contributed by atoms with Gasteiger partial charge in [0.05, 0.1) is 4.92 Å². The first kappa shape index (κ1) is 13.8. The minimum absolute atomic E-state index is 0.0265. The molecule has 0 saturated heterocycles. The van der Waals surface area contributed by atoms with Gasteiger partial charge >= 0.3 is 5.69 Å². The van der Waals surface area contributed by atoms with Crippen molar-refractivity contribution in [3.8, 4) is 0 Å². The maximum atomic E-state index is 13.1. The number of carbonyl (C=O) groups is 1. The van der Waals surface area contributed by atoms with Gasteiger partial charge in [-0.3, -0.25) is 14.9 Å². The van der Waals surface area contributed by atoms with Crippen molar-refractivity contribution >= 4 is 28.9 Å². The Labute approximate surface area is 116 Å². The molecule has 0 saturated carbocycles. The predicted octanol–water partition coefficient (Wildman–Crippen LogP) is 2.43. The van der Waals surface area contributed by atoms with Gasteiger partial charge < -0.3 is 5.32 Å². The Balaban J connectivity index is 2.21. The molecule has 20 heavy (non-hydrogen) atoms. The van der Waals surface area contributed by atoms with E-state index in [0.717, 1.165) is 12.1 Å². The van der Waals surface area contributed by atoms with E-state index in [9.17, 15) is 19.3 Å². The van der Waals surface area contributed by atoms with E-state index in [1.807, 2.05) is 0 Å². The maximum absolute atomic E-state index is 13.1. The highest BCUT2D eigenvalue weighted by molar-refractivity contribution is 6.29. The zero-order valence-electron chi connectivity index (χ0n) is 9.71. The molecule has 0 bridgehead atoms. The number of nitro benzene ring substituents is 1. The maximum Gasteiger partial charge on any atom is 0.306 e. The molecule has 0 fully saturated rings. The number of anilines is 1. The molecule has 7 nitrogen and oxygen atoms in total. The second-order valence-corrected chi connectivity index (χ2v) is 4.01. The topological polar surface area (TPSA) is 98.0 Å². The summed E-state index contributed by atoms with van der Waals surface area (Å²) in [5, 5.41) is 20.1. The fraction of sp³-hybridized carbons (Fsp3) is 0. The van der Waals surface area contributed by atoms with Gasteiger partial charge in [0.15, 0.2) is 10.8 Å². The summed E-state index contributed by atoms with van der Waals surface area (Å²) in [6.45, 7) is 0. The summed E-state index contributed by atoms with van der Waals surface area (Å²) in [5.41, 5.74) is -0.689. The molecule has 2 aromatic rings. The quantitative estimate of drug-likeness (QED) is 0.693. The fourth-order valence-electron chi connectivity index (χ4n) is 1.36. The van der Waals surface area contributed by atoms with E-state index in [1.165, 1.54) is 18.2 Å². The van der Waals surface area contributed by atoms with E-state index < -0.39 is 22.3 Å². The summed E-state index contributed by atoms with van der Waals surface area (Å²) in [7, 11) is 0. The lowest BCUT2D eigenvalue weighted by molar-refractivity contribution is -0.387. The average Bonchev–Trinajstić information content (AvgIpc) is 2.41. The molecule has 1 aromatic carbocycles. The smallest absolute Gasteiger partial charge is 0.306 e. The van der Waals surface area contributed by atoms with Crippen molar-refractivity contribution in [1.29, 1.82) is 0 Å². The third-order valence-corrected chi connectivity index (χ3v) is 2.47. The van der Waals surface area contributed by atoms with Crippen LogP contribution < -0.4 is 5.32 Å². The zero-order chi connectivity index (χ0) is 14.7. The molecule has 0 unspecified atom stereocenters. The van der Waals surface area contributed by atoms with Crippen molar-refractivity contribution in [3.05, 3.63) is 57.1 Å². The summed E-state index contributed by atoms with van der Waals surface area (Å²) in [4.78, 5) is 21.5. The molecule has 9 heteroatoms. The Morgan fingerprint density at radius 2 is 2.05 bits per heavy atom. The Bertz CT molecular complexity index is 678. The summed E-state index contributed by atoms with van der Waals surface area (Å²) in [6.07, 6.45) is 0. The Hall–Kier alpha value is -2.61. The van der Waals surface area contributed by atoms with Crippen LogP contribution in [0.25, 0.3) is 0 Å². The summed E-state index contributed by atoms with van der Waals surface area (Å²) >= 11 is 5.53. The average molecular weight is 297 g/mol. The van der Waals surface area contributed by atoms with Crippen LogP contribution in [0.4, 0.5) is 15.8 Å². The molecule has 0 radical (unpaired) electrons. The lowest BCUT2D eigenvalue weighted by atomic mass is 10.2. The van der Waals surface area contributed by atoms with Crippen LogP contribution in [0.15, 0.2) is 30.3 Å². The van der Waals surface area contributed by atoms with Gasteiger partial charge in [-0.2, -0.15) is 4.39 Å². The van der Waals surface area contributed by atoms with Gasteiger partial charge in [-0.25, -0.2) is 0 Å². The summed E-state index contributed by atoms with van der Waals surface area (Å²) < 4.78 is 13.1. The number of carbonyl (C=O) groups excluding carboxylic acids is 1. The molecule has 1 aromatic heterocycles. The van der Waals surface area contributed by atoms with Crippen molar-refractivity contribution in [2.24, 2.45) is 0 Å². The number of nitrogens with zero attached hydrogens (tertiary/aromatic N) is 3. The third kappa shape index (κ3) is 3.04. The number of halogens is 2. The molecular formula is C11H6ClFN4O3. The summed E-state index contributed by atoms with van der Waals surface area (Å²) in [6, 6.07) is 5.71. The molecule has 2 rings (SSSR count). The van der Waals surface area contributed by atoms with Gasteiger partial charge in [0.2, 0.25) is 5.82 Å².